The molecule has 134 valence electrons. The van der Waals surface area contributed by atoms with Crippen LogP contribution in [0.2, 0.25) is 0 Å². The van der Waals surface area contributed by atoms with Gasteiger partial charge in [0.15, 0.2) is 22.8 Å². The van der Waals surface area contributed by atoms with Crippen molar-refractivity contribution in [2.45, 2.75) is 19.9 Å². The first-order chi connectivity index (χ1) is 12.3. The second-order valence-electron chi connectivity index (χ2n) is 6.24. The molecular weight excluding hydrogens is 340 g/mol. The Morgan fingerprint density at radius 3 is 2.50 bits per heavy atom. The predicted molar refractivity (Wildman–Crippen MR) is 94.1 cm³/mol. The van der Waals surface area contributed by atoms with Gasteiger partial charge in [0.2, 0.25) is 0 Å². The van der Waals surface area contributed by atoms with Gasteiger partial charge in [0.1, 0.15) is 5.58 Å². The van der Waals surface area contributed by atoms with E-state index in [1.807, 2.05) is 6.92 Å². The highest BCUT2D eigenvalue weighted by molar-refractivity contribution is 5.93. The van der Waals surface area contributed by atoms with Gasteiger partial charge in [0.05, 0.1) is 11.4 Å². The van der Waals surface area contributed by atoms with Gasteiger partial charge in [-0.25, -0.2) is 8.78 Å². The van der Waals surface area contributed by atoms with Crippen LogP contribution in [0.15, 0.2) is 51.7 Å². The van der Waals surface area contributed by atoms with E-state index in [-0.39, 0.29) is 11.2 Å². The Hall–Kier alpha value is -3.02. The first kappa shape index (κ1) is 17.8. The van der Waals surface area contributed by atoms with Crippen LogP contribution in [-0.2, 0) is 0 Å². The molecule has 0 aliphatic heterocycles. The first-order valence-corrected chi connectivity index (χ1v) is 8.04. The minimum Gasteiger partial charge on any atom is -0.451 e. The molecule has 0 N–H and O–H groups in total. The zero-order valence-electron chi connectivity index (χ0n) is 14.5. The molecule has 1 atom stereocenters. The fraction of sp³-hybridized carbons (Fsp3) is 0.200. The van der Waals surface area contributed by atoms with Crippen LogP contribution in [0.3, 0.4) is 0 Å². The topological polar surface area (TPSA) is 50.5 Å². The smallest absolute Gasteiger partial charge is 0.289 e. The molecule has 26 heavy (non-hydrogen) atoms. The Kier molecular flexibility index (Phi) is 4.59. The number of nitrogens with zero attached hydrogens (tertiary/aromatic N) is 1. The van der Waals surface area contributed by atoms with Crippen molar-refractivity contribution in [2.75, 3.05) is 7.05 Å². The molecule has 0 radical (unpaired) electrons. The average Bonchev–Trinajstić information content (AvgIpc) is 2.62. The number of benzene rings is 2. The maximum Gasteiger partial charge on any atom is 0.289 e. The molecular formula is C20H17F2NO3. The molecule has 0 bridgehead atoms. The molecule has 0 aliphatic carbocycles. The lowest BCUT2D eigenvalue weighted by Gasteiger charge is -2.25. The zero-order valence-corrected chi connectivity index (χ0v) is 14.5. The number of hydrogen-bond acceptors (Lipinski definition) is 3. The minimum absolute atomic E-state index is 0.108. The van der Waals surface area contributed by atoms with E-state index in [0.29, 0.717) is 16.5 Å². The third kappa shape index (κ3) is 3.22. The van der Waals surface area contributed by atoms with Crippen molar-refractivity contribution in [3.05, 3.63) is 81.2 Å². The van der Waals surface area contributed by atoms with Crippen LogP contribution < -0.4 is 5.43 Å². The number of carbonyl (C=O) groups is 1. The number of fused-ring (bicyclic) bond motifs is 1. The fourth-order valence-corrected chi connectivity index (χ4v) is 2.72. The van der Waals surface area contributed by atoms with Gasteiger partial charge in [-0.2, -0.15) is 0 Å². The highest BCUT2D eigenvalue weighted by atomic mass is 19.2. The van der Waals surface area contributed by atoms with Crippen molar-refractivity contribution in [1.82, 2.24) is 4.90 Å². The lowest BCUT2D eigenvalue weighted by atomic mass is 10.1. The van der Waals surface area contributed by atoms with E-state index in [1.165, 1.54) is 18.0 Å². The summed E-state index contributed by atoms with van der Waals surface area (Å²) in [7, 11) is 1.51. The van der Waals surface area contributed by atoms with Crippen LogP contribution >= 0.6 is 0 Å². The van der Waals surface area contributed by atoms with Crippen molar-refractivity contribution in [1.29, 1.82) is 0 Å². The van der Waals surface area contributed by atoms with Gasteiger partial charge in [-0.3, -0.25) is 9.59 Å². The van der Waals surface area contributed by atoms with Crippen LogP contribution in [0.25, 0.3) is 11.0 Å². The number of aryl methyl sites for hydroxylation is 1. The minimum atomic E-state index is -0.984. The molecule has 1 heterocycles. The highest BCUT2D eigenvalue weighted by Gasteiger charge is 2.23. The van der Waals surface area contributed by atoms with Gasteiger partial charge in [0, 0.05) is 13.1 Å². The molecule has 2 aromatic carbocycles. The summed E-state index contributed by atoms with van der Waals surface area (Å²) in [5.74, 6) is -2.57. The summed E-state index contributed by atoms with van der Waals surface area (Å²) in [6, 6.07) is 9.19. The molecule has 1 amide bonds. The molecule has 0 aliphatic rings. The van der Waals surface area contributed by atoms with Crippen molar-refractivity contribution in [2.24, 2.45) is 0 Å². The fourth-order valence-electron chi connectivity index (χ4n) is 2.72. The summed E-state index contributed by atoms with van der Waals surface area (Å²) in [5.41, 5.74) is 1.35. The number of rotatable bonds is 3. The third-order valence-electron chi connectivity index (χ3n) is 4.42. The van der Waals surface area contributed by atoms with Gasteiger partial charge in [-0.1, -0.05) is 17.7 Å². The van der Waals surface area contributed by atoms with Gasteiger partial charge < -0.3 is 9.32 Å². The van der Waals surface area contributed by atoms with Crippen molar-refractivity contribution in [3.8, 4) is 0 Å². The van der Waals surface area contributed by atoms with Crippen LogP contribution in [0, 0.1) is 18.6 Å². The van der Waals surface area contributed by atoms with Crippen molar-refractivity contribution >= 4 is 16.9 Å². The Labute approximate surface area is 148 Å². The second-order valence-corrected chi connectivity index (χ2v) is 6.24. The third-order valence-corrected chi connectivity index (χ3v) is 4.42. The molecule has 0 fully saturated rings. The zero-order chi connectivity index (χ0) is 19.0. The summed E-state index contributed by atoms with van der Waals surface area (Å²) in [6.07, 6.45) is 0. The second kappa shape index (κ2) is 6.71. The van der Waals surface area contributed by atoms with E-state index in [1.54, 1.807) is 25.1 Å². The lowest BCUT2D eigenvalue weighted by molar-refractivity contribution is 0.0710. The molecule has 1 aromatic heterocycles. The van der Waals surface area contributed by atoms with Crippen molar-refractivity contribution in [3.63, 3.8) is 0 Å². The summed E-state index contributed by atoms with van der Waals surface area (Å²) in [4.78, 5) is 26.3. The number of halogens is 2. The van der Waals surface area contributed by atoms with E-state index in [9.17, 15) is 18.4 Å². The van der Waals surface area contributed by atoms with E-state index in [2.05, 4.69) is 0 Å². The normalized spacial score (nSPS) is 12.2. The van der Waals surface area contributed by atoms with E-state index < -0.39 is 23.6 Å². The van der Waals surface area contributed by atoms with Gasteiger partial charge in [-0.05, 0) is 43.7 Å². The van der Waals surface area contributed by atoms with Crippen LogP contribution in [0.5, 0.6) is 0 Å². The first-order valence-electron chi connectivity index (χ1n) is 8.04. The summed E-state index contributed by atoms with van der Waals surface area (Å²) < 4.78 is 32.1. The summed E-state index contributed by atoms with van der Waals surface area (Å²) in [5, 5.41) is 0.401. The SMILES string of the molecule is Cc1ccc2oc(C(=O)N(C)[C@H](C)c3ccc(F)c(F)c3)cc(=O)c2c1. The molecule has 3 rings (SSSR count). The van der Waals surface area contributed by atoms with Crippen LogP contribution in [0.4, 0.5) is 8.78 Å². The van der Waals surface area contributed by atoms with Gasteiger partial charge in [0.25, 0.3) is 5.91 Å². The Morgan fingerprint density at radius 1 is 1.08 bits per heavy atom. The van der Waals surface area contributed by atoms with Crippen LogP contribution in [0.1, 0.15) is 34.6 Å². The number of amides is 1. The molecule has 0 saturated heterocycles. The van der Waals surface area contributed by atoms with E-state index >= 15 is 0 Å². The lowest BCUT2D eigenvalue weighted by Crippen LogP contribution is -2.30. The molecule has 4 nitrogen and oxygen atoms in total. The largest absolute Gasteiger partial charge is 0.451 e. The number of hydrogen-bond donors (Lipinski definition) is 0. The molecule has 3 aromatic rings. The highest BCUT2D eigenvalue weighted by Crippen LogP contribution is 2.23. The molecule has 0 saturated carbocycles. The van der Waals surface area contributed by atoms with Gasteiger partial charge in [-0.15, -0.1) is 0 Å². The molecule has 0 unspecified atom stereocenters. The Balaban J connectivity index is 1.95. The molecule has 0 spiro atoms. The monoisotopic (exact) mass is 357 g/mol. The van der Waals surface area contributed by atoms with Crippen molar-refractivity contribution < 1.29 is 18.0 Å². The standard InChI is InChI=1S/C20H17F2NO3/c1-11-4-7-18-14(8-11)17(24)10-19(26-18)20(25)23(3)12(2)13-5-6-15(21)16(22)9-13/h4-10,12H,1-3H3/t12-/m1/s1. The summed E-state index contributed by atoms with van der Waals surface area (Å²) in [6.45, 7) is 3.53. The van der Waals surface area contributed by atoms with Crippen LogP contribution in [-0.4, -0.2) is 17.9 Å². The van der Waals surface area contributed by atoms with E-state index in [0.717, 1.165) is 23.8 Å². The number of carbonyl (C=O) groups excluding carboxylic acids is 1. The predicted octanol–water partition coefficient (Wildman–Crippen LogP) is 4.21. The Bertz CT molecular complexity index is 1060. The maximum absolute atomic E-state index is 13.4. The Morgan fingerprint density at radius 2 is 1.81 bits per heavy atom. The van der Waals surface area contributed by atoms with E-state index in [4.69, 9.17) is 4.42 Å². The molecule has 6 heteroatoms. The maximum atomic E-state index is 13.4. The quantitative estimate of drug-likeness (QED) is 0.705. The average molecular weight is 357 g/mol. The summed E-state index contributed by atoms with van der Waals surface area (Å²) >= 11 is 0. The van der Waals surface area contributed by atoms with Gasteiger partial charge >= 0.3 is 0 Å².